The number of nitrogens with zero attached hydrogens (tertiary/aromatic N) is 2. The lowest BCUT2D eigenvalue weighted by molar-refractivity contribution is 0.474. The summed E-state index contributed by atoms with van der Waals surface area (Å²) in [5.41, 5.74) is 8.82. The van der Waals surface area contributed by atoms with Crippen LogP contribution < -0.4 is 5.73 Å². The minimum Gasteiger partial charge on any atom is -0.504 e. The second-order valence-corrected chi connectivity index (χ2v) is 4.99. The Labute approximate surface area is 118 Å². The van der Waals surface area contributed by atoms with Gasteiger partial charge in [0.25, 0.3) is 0 Å². The molecule has 0 aliphatic carbocycles. The lowest BCUT2D eigenvalue weighted by Crippen LogP contribution is -2.37. The standard InChI is InChI=1S/C14H18ClN3O/c1-4-5-18-9(3)12-8(2)6-10(15)14(19)13(12)17-11(18)7-16/h6,19H,3-5,7,16H2,1-2H3. The zero-order valence-electron chi connectivity index (χ0n) is 11.2. The van der Waals surface area contributed by atoms with Gasteiger partial charge in [0.1, 0.15) is 11.5 Å². The van der Waals surface area contributed by atoms with Crippen LogP contribution in [0.15, 0.2) is 17.6 Å². The number of hydrogen-bond donors (Lipinski definition) is 2. The van der Waals surface area contributed by atoms with E-state index in [4.69, 9.17) is 17.3 Å². The normalized spacial score (nSPS) is 14.4. The number of nitrogens with two attached hydrogens (primary N) is 1. The van der Waals surface area contributed by atoms with Crippen LogP contribution in [0, 0.1) is 6.92 Å². The molecule has 0 saturated carbocycles. The minimum atomic E-state index is -0.00878. The quantitative estimate of drug-likeness (QED) is 0.894. The maximum Gasteiger partial charge on any atom is 0.160 e. The van der Waals surface area contributed by atoms with Crippen molar-refractivity contribution in [1.29, 1.82) is 0 Å². The Morgan fingerprint density at radius 2 is 2.21 bits per heavy atom. The molecule has 0 amide bonds. The molecule has 1 aliphatic heterocycles. The molecule has 102 valence electrons. The van der Waals surface area contributed by atoms with E-state index in [0.29, 0.717) is 23.1 Å². The molecule has 4 nitrogen and oxygen atoms in total. The van der Waals surface area contributed by atoms with Crippen LogP contribution in [0.3, 0.4) is 0 Å². The number of aryl methyl sites for hydroxylation is 1. The van der Waals surface area contributed by atoms with E-state index in [1.807, 2.05) is 11.8 Å². The number of amidine groups is 1. The average Bonchev–Trinajstić information content (AvgIpc) is 2.38. The van der Waals surface area contributed by atoms with Crippen LogP contribution >= 0.6 is 11.6 Å². The van der Waals surface area contributed by atoms with Crippen molar-refractivity contribution < 1.29 is 5.11 Å². The molecular formula is C14H18ClN3O. The Bertz CT molecular complexity index is 566. The highest BCUT2D eigenvalue weighted by atomic mass is 35.5. The monoisotopic (exact) mass is 279 g/mol. The molecule has 0 fully saturated rings. The molecule has 0 atom stereocenters. The number of aromatic hydroxyl groups is 1. The van der Waals surface area contributed by atoms with Crippen LogP contribution in [-0.2, 0) is 0 Å². The van der Waals surface area contributed by atoms with Crippen molar-refractivity contribution in [2.75, 3.05) is 13.1 Å². The van der Waals surface area contributed by atoms with E-state index in [1.165, 1.54) is 0 Å². The molecule has 1 heterocycles. The van der Waals surface area contributed by atoms with Gasteiger partial charge in [-0.2, -0.15) is 0 Å². The second-order valence-electron chi connectivity index (χ2n) is 4.58. The van der Waals surface area contributed by atoms with E-state index in [1.54, 1.807) is 6.07 Å². The summed E-state index contributed by atoms with van der Waals surface area (Å²) in [6.07, 6.45) is 0.964. The highest BCUT2D eigenvalue weighted by Crippen LogP contribution is 2.45. The van der Waals surface area contributed by atoms with E-state index in [2.05, 4.69) is 18.5 Å². The van der Waals surface area contributed by atoms with E-state index in [-0.39, 0.29) is 5.75 Å². The van der Waals surface area contributed by atoms with Gasteiger partial charge in [-0.05, 0) is 25.0 Å². The number of phenols is 1. The SMILES string of the molecule is C=C1c2c(C)cc(Cl)c(O)c2N=C(CN)N1CCC. The van der Waals surface area contributed by atoms with Crippen LogP contribution in [0.1, 0.15) is 24.5 Å². The van der Waals surface area contributed by atoms with Crippen LogP contribution in [-0.4, -0.2) is 28.9 Å². The van der Waals surface area contributed by atoms with Crippen molar-refractivity contribution in [2.24, 2.45) is 10.7 Å². The average molecular weight is 280 g/mol. The maximum atomic E-state index is 10.1. The number of phenolic OH excluding ortho intramolecular Hbond substituents is 1. The molecule has 0 saturated heterocycles. The molecule has 0 unspecified atom stereocenters. The van der Waals surface area contributed by atoms with E-state index in [0.717, 1.165) is 29.8 Å². The van der Waals surface area contributed by atoms with Crippen molar-refractivity contribution in [3.05, 3.63) is 28.8 Å². The van der Waals surface area contributed by atoms with Crippen LogP contribution in [0.5, 0.6) is 5.75 Å². The molecule has 1 aromatic carbocycles. The number of aliphatic imine (C=N–C) groups is 1. The van der Waals surface area contributed by atoms with Gasteiger partial charge in [-0.25, -0.2) is 4.99 Å². The first kappa shape index (κ1) is 13.9. The highest BCUT2D eigenvalue weighted by Gasteiger charge is 2.26. The summed E-state index contributed by atoms with van der Waals surface area (Å²) in [5, 5.41) is 10.4. The molecule has 0 spiro atoms. The summed E-state index contributed by atoms with van der Waals surface area (Å²) in [6.45, 7) is 9.24. The molecule has 0 aromatic heterocycles. The number of rotatable bonds is 3. The molecular weight excluding hydrogens is 262 g/mol. The summed E-state index contributed by atoms with van der Waals surface area (Å²) >= 11 is 5.99. The molecule has 1 aromatic rings. The third kappa shape index (κ3) is 2.22. The second kappa shape index (κ2) is 5.23. The zero-order chi connectivity index (χ0) is 14.2. The van der Waals surface area contributed by atoms with Gasteiger partial charge >= 0.3 is 0 Å². The Morgan fingerprint density at radius 1 is 1.53 bits per heavy atom. The number of hydrogen-bond acceptors (Lipinski definition) is 4. The first-order valence-corrected chi connectivity index (χ1v) is 6.65. The predicted molar refractivity (Wildman–Crippen MR) is 80.0 cm³/mol. The summed E-state index contributed by atoms with van der Waals surface area (Å²) < 4.78 is 0. The van der Waals surface area contributed by atoms with Gasteiger partial charge in [0.05, 0.1) is 11.6 Å². The third-order valence-corrected chi connectivity index (χ3v) is 3.51. The first-order chi connectivity index (χ1) is 9.01. The lowest BCUT2D eigenvalue weighted by atomic mass is 10.00. The van der Waals surface area contributed by atoms with Crippen LogP contribution in [0.25, 0.3) is 5.70 Å². The summed E-state index contributed by atoms with van der Waals surface area (Å²) in [4.78, 5) is 6.46. The molecule has 0 radical (unpaired) electrons. The maximum absolute atomic E-state index is 10.1. The van der Waals surface area contributed by atoms with Gasteiger partial charge in [-0.1, -0.05) is 25.1 Å². The van der Waals surface area contributed by atoms with Crippen molar-refractivity contribution in [2.45, 2.75) is 20.3 Å². The summed E-state index contributed by atoms with van der Waals surface area (Å²) in [7, 11) is 0. The van der Waals surface area contributed by atoms with Gasteiger partial charge in [-0.15, -0.1) is 0 Å². The van der Waals surface area contributed by atoms with Gasteiger partial charge in [0.15, 0.2) is 5.75 Å². The molecule has 2 rings (SSSR count). The minimum absolute atomic E-state index is 0.00878. The largest absolute Gasteiger partial charge is 0.504 e. The van der Waals surface area contributed by atoms with Crippen molar-refractivity contribution in [1.82, 2.24) is 4.90 Å². The van der Waals surface area contributed by atoms with E-state index < -0.39 is 0 Å². The number of benzene rings is 1. The number of halogens is 1. The Balaban J connectivity index is 2.66. The lowest BCUT2D eigenvalue weighted by Gasteiger charge is -2.33. The van der Waals surface area contributed by atoms with Gasteiger partial charge in [-0.3, -0.25) is 0 Å². The Morgan fingerprint density at radius 3 is 2.79 bits per heavy atom. The van der Waals surface area contributed by atoms with Crippen molar-refractivity contribution in [3.8, 4) is 5.75 Å². The first-order valence-electron chi connectivity index (χ1n) is 6.27. The fraction of sp³-hybridized carbons (Fsp3) is 0.357. The van der Waals surface area contributed by atoms with Gasteiger partial charge in [0.2, 0.25) is 0 Å². The summed E-state index contributed by atoms with van der Waals surface area (Å²) in [6, 6.07) is 1.73. The molecule has 1 aliphatic rings. The Kier molecular flexibility index (Phi) is 3.83. The van der Waals surface area contributed by atoms with Crippen molar-refractivity contribution in [3.63, 3.8) is 0 Å². The van der Waals surface area contributed by atoms with Gasteiger partial charge in [0, 0.05) is 17.8 Å². The third-order valence-electron chi connectivity index (χ3n) is 3.22. The fourth-order valence-corrected chi connectivity index (χ4v) is 2.60. The summed E-state index contributed by atoms with van der Waals surface area (Å²) in [5.74, 6) is 0.696. The molecule has 19 heavy (non-hydrogen) atoms. The fourth-order valence-electron chi connectivity index (χ4n) is 2.35. The topological polar surface area (TPSA) is 61.9 Å². The predicted octanol–water partition coefficient (Wildman–Crippen LogP) is 3.04. The molecule has 3 N–H and O–H groups in total. The van der Waals surface area contributed by atoms with Crippen molar-refractivity contribution >= 4 is 28.8 Å². The van der Waals surface area contributed by atoms with Crippen LogP contribution in [0.2, 0.25) is 5.02 Å². The van der Waals surface area contributed by atoms with E-state index in [9.17, 15) is 5.11 Å². The highest BCUT2D eigenvalue weighted by molar-refractivity contribution is 6.32. The van der Waals surface area contributed by atoms with Gasteiger partial charge < -0.3 is 15.7 Å². The molecule has 0 bridgehead atoms. The van der Waals surface area contributed by atoms with E-state index >= 15 is 0 Å². The molecule has 5 heteroatoms. The van der Waals surface area contributed by atoms with Crippen LogP contribution in [0.4, 0.5) is 5.69 Å². The zero-order valence-corrected chi connectivity index (χ0v) is 12.0. The smallest absolute Gasteiger partial charge is 0.160 e. The number of fused-ring (bicyclic) bond motifs is 1. The Hall–Kier alpha value is -1.52.